The summed E-state index contributed by atoms with van der Waals surface area (Å²) in [6.45, 7) is 0.859. The maximum Gasteiger partial charge on any atom is 0.419 e. The van der Waals surface area contributed by atoms with Crippen molar-refractivity contribution in [1.29, 1.82) is 0 Å². The van der Waals surface area contributed by atoms with E-state index < -0.39 is 17.3 Å². The molecule has 0 saturated carbocycles. The molecule has 0 unspecified atom stereocenters. The van der Waals surface area contributed by atoms with Crippen LogP contribution in [0.2, 0.25) is 0 Å². The van der Waals surface area contributed by atoms with Gasteiger partial charge in [0.25, 0.3) is 0 Å². The molecule has 5 rings (SSSR count). The van der Waals surface area contributed by atoms with Gasteiger partial charge in [0.1, 0.15) is 5.60 Å². The lowest BCUT2D eigenvalue weighted by Crippen LogP contribution is -2.45. The molecule has 0 bridgehead atoms. The van der Waals surface area contributed by atoms with Crippen LogP contribution in [0.1, 0.15) is 29.5 Å². The fraction of sp³-hybridized carbons (Fsp3) is 0.250. The molecule has 2 aliphatic heterocycles. The SMILES string of the molecule is FC(F)(F)c1ccc(B2OC(c3ccccc3)(c3ccccc3)[C@@H]3CCCN23)cc1. The van der Waals surface area contributed by atoms with E-state index in [1.165, 1.54) is 0 Å². The quantitative estimate of drug-likeness (QED) is 0.577. The molecule has 0 N–H and O–H groups in total. The van der Waals surface area contributed by atoms with E-state index in [1.807, 2.05) is 36.4 Å². The van der Waals surface area contributed by atoms with Crippen molar-refractivity contribution in [1.82, 2.24) is 4.81 Å². The van der Waals surface area contributed by atoms with E-state index in [-0.39, 0.29) is 13.1 Å². The molecule has 6 heteroatoms. The van der Waals surface area contributed by atoms with Crippen LogP contribution in [0.25, 0.3) is 0 Å². The average Bonchev–Trinajstić information content (AvgIpc) is 3.37. The Labute approximate surface area is 174 Å². The molecule has 2 aliphatic rings. The van der Waals surface area contributed by atoms with E-state index in [2.05, 4.69) is 29.1 Å². The van der Waals surface area contributed by atoms with Crippen molar-refractivity contribution < 1.29 is 17.8 Å². The number of nitrogens with zero attached hydrogens (tertiary/aromatic N) is 1. The predicted octanol–water partition coefficient (Wildman–Crippen LogP) is 4.84. The van der Waals surface area contributed by atoms with Crippen LogP contribution < -0.4 is 5.46 Å². The second-order valence-electron chi connectivity index (χ2n) is 7.95. The third-order valence-corrected chi connectivity index (χ3v) is 6.29. The van der Waals surface area contributed by atoms with Crippen LogP contribution in [0.4, 0.5) is 13.2 Å². The minimum absolute atomic E-state index is 0.120. The molecule has 30 heavy (non-hydrogen) atoms. The van der Waals surface area contributed by atoms with Gasteiger partial charge in [0.05, 0.1) is 5.56 Å². The average molecular weight is 407 g/mol. The summed E-state index contributed by atoms with van der Waals surface area (Å²) < 4.78 is 46.0. The lowest BCUT2D eigenvalue weighted by atomic mass is 9.72. The van der Waals surface area contributed by atoms with Crippen LogP contribution in [-0.4, -0.2) is 24.4 Å². The summed E-state index contributed by atoms with van der Waals surface area (Å²) in [6, 6.07) is 25.8. The fourth-order valence-electron chi connectivity index (χ4n) is 4.98. The molecule has 2 fully saturated rings. The molecule has 152 valence electrons. The summed E-state index contributed by atoms with van der Waals surface area (Å²) >= 11 is 0. The second-order valence-corrected chi connectivity index (χ2v) is 7.95. The summed E-state index contributed by atoms with van der Waals surface area (Å²) in [5.41, 5.74) is 1.60. The summed E-state index contributed by atoms with van der Waals surface area (Å²) in [6.07, 6.45) is -2.34. The largest absolute Gasteiger partial charge is 0.419 e. The fourth-order valence-corrected chi connectivity index (χ4v) is 4.98. The molecule has 3 aromatic rings. The van der Waals surface area contributed by atoms with Gasteiger partial charge in [-0.25, -0.2) is 0 Å². The lowest BCUT2D eigenvalue weighted by Gasteiger charge is -2.36. The topological polar surface area (TPSA) is 12.5 Å². The van der Waals surface area contributed by atoms with Crippen LogP contribution in [0.3, 0.4) is 0 Å². The highest BCUT2D eigenvalue weighted by molar-refractivity contribution is 6.65. The van der Waals surface area contributed by atoms with Crippen molar-refractivity contribution in [3.8, 4) is 0 Å². The minimum atomic E-state index is -4.34. The smallest absolute Gasteiger partial charge is 0.402 e. The van der Waals surface area contributed by atoms with Gasteiger partial charge in [-0.05, 0) is 36.0 Å². The van der Waals surface area contributed by atoms with E-state index in [0.717, 1.165) is 48.1 Å². The Kier molecular flexibility index (Phi) is 4.71. The predicted molar refractivity (Wildman–Crippen MR) is 111 cm³/mol. The molecule has 2 saturated heterocycles. The van der Waals surface area contributed by atoms with Gasteiger partial charge in [-0.15, -0.1) is 0 Å². The van der Waals surface area contributed by atoms with Gasteiger partial charge >= 0.3 is 13.2 Å². The van der Waals surface area contributed by atoms with Crippen molar-refractivity contribution in [2.75, 3.05) is 6.54 Å². The van der Waals surface area contributed by atoms with Gasteiger partial charge in [0.15, 0.2) is 0 Å². The van der Waals surface area contributed by atoms with Crippen LogP contribution in [0.5, 0.6) is 0 Å². The molecule has 0 amide bonds. The van der Waals surface area contributed by atoms with Gasteiger partial charge in [0, 0.05) is 6.04 Å². The van der Waals surface area contributed by atoms with Gasteiger partial charge in [-0.3, -0.25) is 0 Å². The molecular weight excluding hydrogens is 386 g/mol. The van der Waals surface area contributed by atoms with E-state index in [9.17, 15) is 13.2 Å². The van der Waals surface area contributed by atoms with Crippen LogP contribution in [0.15, 0.2) is 84.9 Å². The van der Waals surface area contributed by atoms with Gasteiger partial charge in [-0.2, -0.15) is 13.2 Å². The molecular formula is C24H21BF3NO. The number of benzene rings is 3. The second kappa shape index (κ2) is 7.29. The van der Waals surface area contributed by atoms with Crippen molar-refractivity contribution in [3.05, 3.63) is 102 Å². The number of hydrogen-bond donors (Lipinski definition) is 0. The van der Waals surface area contributed by atoms with Gasteiger partial charge in [0.2, 0.25) is 0 Å². The highest BCUT2D eigenvalue weighted by atomic mass is 19.4. The Morgan fingerprint density at radius 3 is 1.93 bits per heavy atom. The molecule has 0 radical (unpaired) electrons. The van der Waals surface area contributed by atoms with Crippen molar-refractivity contribution in [2.24, 2.45) is 0 Å². The van der Waals surface area contributed by atoms with E-state index in [1.54, 1.807) is 12.1 Å². The Bertz CT molecular complexity index is 969. The first-order chi connectivity index (χ1) is 14.5. The molecule has 0 spiro atoms. The van der Waals surface area contributed by atoms with E-state index >= 15 is 0 Å². The Balaban J connectivity index is 1.61. The zero-order valence-electron chi connectivity index (χ0n) is 16.3. The number of fused-ring (bicyclic) bond motifs is 1. The standard InChI is InChI=1S/C24H21BF3NO/c26-24(27,28)20-13-15-21(16-14-20)25-29-17-7-12-22(29)23(30-25,18-8-3-1-4-9-18)19-10-5-2-6-11-19/h1-6,8-11,13-16,22H,7,12,17H2/t22-/m0/s1. The Hall–Kier alpha value is -2.57. The monoisotopic (exact) mass is 407 g/mol. The van der Waals surface area contributed by atoms with Crippen molar-refractivity contribution in [3.63, 3.8) is 0 Å². The van der Waals surface area contributed by atoms with Gasteiger partial charge < -0.3 is 9.47 Å². The van der Waals surface area contributed by atoms with Crippen molar-refractivity contribution in [2.45, 2.75) is 30.7 Å². The number of halogens is 3. The zero-order valence-corrected chi connectivity index (χ0v) is 16.3. The minimum Gasteiger partial charge on any atom is -0.402 e. The molecule has 0 aromatic heterocycles. The number of rotatable bonds is 3. The first-order valence-electron chi connectivity index (χ1n) is 10.2. The highest BCUT2D eigenvalue weighted by Gasteiger charge is 2.58. The third kappa shape index (κ3) is 3.06. The normalized spacial score (nSPS) is 21.0. The molecule has 3 aromatic carbocycles. The Morgan fingerprint density at radius 2 is 1.40 bits per heavy atom. The maximum absolute atomic E-state index is 13.0. The number of hydrogen-bond acceptors (Lipinski definition) is 2. The zero-order chi connectivity index (χ0) is 20.8. The van der Waals surface area contributed by atoms with Crippen LogP contribution in [0, 0.1) is 0 Å². The molecule has 2 nitrogen and oxygen atoms in total. The van der Waals surface area contributed by atoms with Gasteiger partial charge in [-0.1, -0.05) is 84.9 Å². The lowest BCUT2D eigenvalue weighted by molar-refractivity contribution is -0.137. The summed E-state index contributed by atoms with van der Waals surface area (Å²) in [7, 11) is -0.389. The summed E-state index contributed by atoms with van der Waals surface area (Å²) in [5, 5.41) is 0. The maximum atomic E-state index is 13.0. The summed E-state index contributed by atoms with van der Waals surface area (Å²) in [5.74, 6) is 0. The first kappa shape index (κ1) is 19.4. The Morgan fingerprint density at radius 1 is 0.833 bits per heavy atom. The molecule has 0 aliphatic carbocycles. The number of alkyl halides is 3. The molecule has 2 heterocycles. The summed E-state index contributed by atoms with van der Waals surface area (Å²) in [4.78, 5) is 2.31. The first-order valence-corrected chi connectivity index (χ1v) is 10.2. The van der Waals surface area contributed by atoms with Crippen molar-refractivity contribution >= 4 is 12.5 Å². The highest BCUT2D eigenvalue weighted by Crippen LogP contribution is 2.48. The third-order valence-electron chi connectivity index (χ3n) is 6.29. The van der Waals surface area contributed by atoms with E-state index in [4.69, 9.17) is 4.65 Å². The van der Waals surface area contributed by atoms with Crippen LogP contribution in [-0.2, 0) is 16.4 Å². The molecule has 1 atom stereocenters. The van der Waals surface area contributed by atoms with E-state index in [0.29, 0.717) is 0 Å². The van der Waals surface area contributed by atoms with Crippen LogP contribution >= 0.6 is 0 Å².